The number of hydrogen-bond acceptors (Lipinski definition) is 0. The third-order valence-corrected chi connectivity index (χ3v) is 10.2. The number of rotatable bonds is 4. The van der Waals surface area contributed by atoms with E-state index in [1.54, 1.807) is 0 Å². The van der Waals surface area contributed by atoms with E-state index in [4.69, 9.17) is 0 Å². The Balaban J connectivity index is 1.35. The second-order valence-electron chi connectivity index (χ2n) is 11.8. The van der Waals surface area contributed by atoms with Gasteiger partial charge in [-0.3, -0.25) is 0 Å². The van der Waals surface area contributed by atoms with Gasteiger partial charge in [-0.15, -0.1) is 0 Å². The maximum absolute atomic E-state index is 4.12. The Morgan fingerprint density at radius 2 is 0.911 bits per heavy atom. The van der Waals surface area contributed by atoms with Gasteiger partial charge in [0.1, 0.15) is 0 Å². The van der Waals surface area contributed by atoms with E-state index in [1.165, 1.54) is 72.0 Å². The van der Waals surface area contributed by atoms with Gasteiger partial charge in [0.05, 0.1) is 22.1 Å². The van der Waals surface area contributed by atoms with E-state index in [1.807, 2.05) is 0 Å². The molecule has 0 fully saturated rings. The van der Waals surface area contributed by atoms with Crippen LogP contribution in [0.25, 0.3) is 49.7 Å². The molecule has 1 heterocycles. The number of halogens is 1. The van der Waals surface area contributed by atoms with Gasteiger partial charge in [-0.05, 0) is 69.3 Å². The summed E-state index contributed by atoms with van der Waals surface area (Å²) in [6, 6.07) is 62.0. The van der Waals surface area contributed by atoms with Crippen LogP contribution >= 0.6 is 15.9 Å². The summed E-state index contributed by atoms with van der Waals surface area (Å²) >= 11 is 4.12. The minimum Gasteiger partial charge on any atom is -0.309 e. The fourth-order valence-electron chi connectivity index (χ4n) is 7.75. The summed E-state index contributed by atoms with van der Waals surface area (Å²) in [5, 5.41) is 2.53. The quantitative estimate of drug-likeness (QED) is 0.181. The second-order valence-corrected chi connectivity index (χ2v) is 12.6. The fourth-order valence-corrected chi connectivity index (χ4v) is 8.30. The predicted molar refractivity (Wildman–Crippen MR) is 191 cm³/mol. The summed E-state index contributed by atoms with van der Waals surface area (Å²) in [4.78, 5) is 0. The number of para-hydroxylation sites is 3. The van der Waals surface area contributed by atoms with Gasteiger partial charge in [0.15, 0.2) is 0 Å². The molecule has 8 aromatic rings. The predicted octanol–water partition coefficient (Wildman–Crippen LogP) is 11.6. The molecule has 0 aliphatic heterocycles. The van der Waals surface area contributed by atoms with Crippen molar-refractivity contribution < 1.29 is 0 Å². The minimum absolute atomic E-state index is 0.429. The number of hydrogen-bond donors (Lipinski definition) is 0. The first-order chi connectivity index (χ1) is 22.3. The van der Waals surface area contributed by atoms with Crippen molar-refractivity contribution in [1.29, 1.82) is 0 Å². The molecule has 0 radical (unpaired) electrons. The number of fused-ring (bicyclic) bond motifs is 6. The highest BCUT2D eigenvalue weighted by Crippen LogP contribution is 2.57. The van der Waals surface area contributed by atoms with Gasteiger partial charge in [0.2, 0.25) is 0 Å². The van der Waals surface area contributed by atoms with Gasteiger partial charge in [-0.1, -0.05) is 155 Å². The van der Waals surface area contributed by atoms with Gasteiger partial charge >= 0.3 is 0 Å². The molecular weight excluding hydrogens is 610 g/mol. The number of nitrogens with zero attached hydrogens (tertiary/aromatic N) is 1. The van der Waals surface area contributed by atoms with Crippen molar-refractivity contribution in [2.45, 2.75) is 5.41 Å². The molecule has 212 valence electrons. The Labute approximate surface area is 271 Å². The summed E-state index contributed by atoms with van der Waals surface area (Å²) in [7, 11) is 0. The lowest BCUT2D eigenvalue weighted by atomic mass is 9.67. The first kappa shape index (κ1) is 26.2. The first-order valence-corrected chi connectivity index (χ1v) is 16.2. The van der Waals surface area contributed by atoms with E-state index >= 15 is 0 Å². The Hall–Kier alpha value is -5.18. The third-order valence-electron chi connectivity index (χ3n) is 9.56. The molecule has 9 rings (SSSR count). The number of aromatic nitrogens is 1. The molecule has 0 spiro atoms. The molecule has 45 heavy (non-hydrogen) atoms. The maximum atomic E-state index is 4.12. The highest BCUT2D eigenvalue weighted by Gasteiger charge is 2.46. The van der Waals surface area contributed by atoms with Crippen molar-refractivity contribution in [3.05, 3.63) is 197 Å². The van der Waals surface area contributed by atoms with Crippen molar-refractivity contribution in [3.63, 3.8) is 0 Å². The van der Waals surface area contributed by atoms with Crippen molar-refractivity contribution in [2.24, 2.45) is 0 Å². The SMILES string of the molecule is Brc1cc2c(cc1-c1ccccc1-n1c3ccccc3c3ccccc31)-c1ccccc1C2(c1ccccc1)c1ccccc1. The van der Waals surface area contributed by atoms with Crippen molar-refractivity contribution in [2.75, 3.05) is 0 Å². The zero-order valence-corrected chi connectivity index (χ0v) is 26.1. The Kier molecular flexibility index (Phi) is 5.94. The lowest BCUT2D eigenvalue weighted by molar-refractivity contribution is 0.768. The van der Waals surface area contributed by atoms with Crippen LogP contribution in [0.2, 0.25) is 0 Å². The van der Waals surface area contributed by atoms with Crippen LogP contribution in [0.5, 0.6) is 0 Å². The van der Waals surface area contributed by atoms with Crippen LogP contribution in [0.4, 0.5) is 0 Å². The first-order valence-electron chi connectivity index (χ1n) is 15.4. The van der Waals surface area contributed by atoms with Gasteiger partial charge in [-0.25, -0.2) is 0 Å². The van der Waals surface area contributed by atoms with E-state index in [-0.39, 0.29) is 0 Å². The van der Waals surface area contributed by atoms with E-state index in [2.05, 4.69) is 190 Å². The standard InChI is InChI=1S/C43H28BrN/c44-39-28-38-35(31-19-7-11-23-37(31)43(38,29-15-3-1-4-16-29)30-17-5-2-6-18-30)27-36(39)34-22-10-14-26-42(34)45-40-24-12-8-20-32(40)33-21-9-13-25-41(33)45/h1-28H. The van der Waals surface area contributed by atoms with Crippen LogP contribution in [-0.4, -0.2) is 4.57 Å². The second kappa shape index (κ2) is 10.2. The smallest absolute Gasteiger partial charge is 0.0713 e. The van der Waals surface area contributed by atoms with Crippen LogP contribution in [-0.2, 0) is 5.41 Å². The van der Waals surface area contributed by atoms with Gasteiger partial charge in [0.25, 0.3) is 0 Å². The van der Waals surface area contributed by atoms with Gasteiger partial charge in [-0.2, -0.15) is 0 Å². The molecule has 7 aromatic carbocycles. The van der Waals surface area contributed by atoms with Gasteiger partial charge < -0.3 is 4.57 Å². The minimum atomic E-state index is -0.429. The molecule has 1 aliphatic carbocycles. The van der Waals surface area contributed by atoms with Crippen LogP contribution in [0.15, 0.2) is 174 Å². The molecule has 1 nitrogen and oxygen atoms in total. The summed E-state index contributed by atoms with van der Waals surface area (Å²) < 4.78 is 3.50. The Morgan fingerprint density at radius 3 is 1.56 bits per heavy atom. The molecular formula is C43H28BrN. The monoisotopic (exact) mass is 637 g/mol. The number of benzene rings is 7. The van der Waals surface area contributed by atoms with Crippen LogP contribution < -0.4 is 0 Å². The van der Waals surface area contributed by atoms with Crippen molar-refractivity contribution in [3.8, 4) is 27.9 Å². The molecule has 0 saturated carbocycles. The molecule has 0 bridgehead atoms. The Bertz CT molecular complexity index is 2290. The average Bonchev–Trinajstić information content (AvgIpc) is 3.59. The molecule has 0 atom stereocenters. The average molecular weight is 639 g/mol. The van der Waals surface area contributed by atoms with E-state index in [0.717, 1.165) is 4.47 Å². The molecule has 0 amide bonds. The molecule has 0 N–H and O–H groups in total. The van der Waals surface area contributed by atoms with Crippen molar-refractivity contribution in [1.82, 2.24) is 4.57 Å². The highest BCUT2D eigenvalue weighted by molar-refractivity contribution is 9.10. The zero-order valence-electron chi connectivity index (χ0n) is 24.5. The van der Waals surface area contributed by atoms with E-state index < -0.39 is 5.41 Å². The summed E-state index contributed by atoms with van der Waals surface area (Å²) in [5.41, 5.74) is 13.2. The molecule has 0 unspecified atom stereocenters. The molecule has 1 aromatic heterocycles. The van der Waals surface area contributed by atoms with E-state index in [0.29, 0.717) is 0 Å². The summed E-state index contributed by atoms with van der Waals surface area (Å²) in [6.45, 7) is 0. The largest absolute Gasteiger partial charge is 0.309 e. The van der Waals surface area contributed by atoms with Crippen molar-refractivity contribution >= 4 is 37.7 Å². The highest BCUT2D eigenvalue weighted by atomic mass is 79.9. The summed E-state index contributed by atoms with van der Waals surface area (Å²) in [5.74, 6) is 0. The lowest BCUT2D eigenvalue weighted by Crippen LogP contribution is -2.28. The Morgan fingerprint density at radius 1 is 0.400 bits per heavy atom. The lowest BCUT2D eigenvalue weighted by Gasteiger charge is -2.34. The van der Waals surface area contributed by atoms with Crippen LogP contribution in [0.3, 0.4) is 0 Å². The normalized spacial score (nSPS) is 13.2. The van der Waals surface area contributed by atoms with Crippen LogP contribution in [0, 0.1) is 0 Å². The molecule has 0 saturated heterocycles. The molecule has 2 heteroatoms. The maximum Gasteiger partial charge on any atom is 0.0713 e. The summed E-state index contributed by atoms with van der Waals surface area (Å²) in [6.07, 6.45) is 0. The van der Waals surface area contributed by atoms with E-state index in [9.17, 15) is 0 Å². The van der Waals surface area contributed by atoms with Gasteiger partial charge in [0, 0.05) is 20.8 Å². The zero-order chi connectivity index (χ0) is 30.0. The topological polar surface area (TPSA) is 4.93 Å². The van der Waals surface area contributed by atoms with Crippen LogP contribution in [0.1, 0.15) is 22.3 Å². The third kappa shape index (κ3) is 3.73. The molecule has 1 aliphatic rings. The fraction of sp³-hybridized carbons (Fsp3) is 0.0233.